The number of nitrogens with zero attached hydrogens (tertiary/aromatic N) is 3. The lowest BCUT2D eigenvalue weighted by Crippen LogP contribution is -2.46. The van der Waals surface area contributed by atoms with Crippen molar-refractivity contribution < 1.29 is 9.26 Å². The Balaban J connectivity index is 1.38. The Morgan fingerprint density at radius 1 is 1.33 bits per heavy atom. The van der Waals surface area contributed by atoms with Crippen LogP contribution in [0.1, 0.15) is 30.1 Å². The largest absolute Gasteiger partial charge is 0.492 e. The third-order valence-electron chi connectivity index (χ3n) is 4.33. The fourth-order valence-corrected chi connectivity index (χ4v) is 3.11. The molecule has 2 aromatic rings. The second kappa shape index (κ2) is 8.26. The first-order valence-electron chi connectivity index (χ1n) is 8.64. The summed E-state index contributed by atoms with van der Waals surface area (Å²) in [6.45, 7) is 8.30. The molecule has 0 radical (unpaired) electrons. The average molecular weight is 330 g/mol. The Morgan fingerprint density at radius 3 is 3.00 bits per heavy atom. The molecular weight excluding hydrogens is 304 g/mol. The molecule has 0 aliphatic carbocycles. The van der Waals surface area contributed by atoms with Gasteiger partial charge >= 0.3 is 0 Å². The van der Waals surface area contributed by atoms with Crippen LogP contribution in [-0.4, -0.2) is 47.3 Å². The van der Waals surface area contributed by atoms with Crippen LogP contribution in [0.2, 0.25) is 0 Å². The van der Waals surface area contributed by atoms with E-state index in [0.717, 1.165) is 37.8 Å². The molecule has 0 unspecified atom stereocenters. The van der Waals surface area contributed by atoms with E-state index in [0.29, 0.717) is 18.5 Å². The molecule has 0 amide bonds. The van der Waals surface area contributed by atoms with Gasteiger partial charge in [0, 0.05) is 26.1 Å². The standard InChI is InChI=1S/C18H26N4O2/c1-14-6-3-4-8-17(14)23-11-9-19-16-7-5-10-22(12-16)13-18-20-15(2)24-21-18/h3-4,6,8,16,19H,5,7,9-13H2,1-2H3/t16-/m0/s1. The summed E-state index contributed by atoms with van der Waals surface area (Å²) >= 11 is 0. The van der Waals surface area contributed by atoms with E-state index < -0.39 is 0 Å². The lowest BCUT2D eigenvalue weighted by atomic mass is 10.1. The van der Waals surface area contributed by atoms with Gasteiger partial charge < -0.3 is 14.6 Å². The second-order valence-corrected chi connectivity index (χ2v) is 6.37. The maximum Gasteiger partial charge on any atom is 0.223 e. The molecule has 24 heavy (non-hydrogen) atoms. The molecule has 1 aromatic heterocycles. The Bertz CT molecular complexity index is 643. The number of hydrogen-bond acceptors (Lipinski definition) is 6. The van der Waals surface area contributed by atoms with Crippen molar-refractivity contribution in [1.29, 1.82) is 0 Å². The number of likely N-dealkylation sites (tertiary alicyclic amines) is 1. The quantitative estimate of drug-likeness (QED) is 0.786. The summed E-state index contributed by atoms with van der Waals surface area (Å²) in [5, 5.41) is 7.59. The van der Waals surface area contributed by atoms with Gasteiger partial charge in [-0.25, -0.2) is 0 Å². The van der Waals surface area contributed by atoms with E-state index in [9.17, 15) is 0 Å². The van der Waals surface area contributed by atoms with Crippen LogP contribution in [0.3, 0.4) is 0 Å². The first-order chi connectivity index (χ1) is 11.7. The minimum absolute atomic E-state index is 0.493. The Labute approximate surface area is 143 Å². The van der Waals surface area contributed by atoms with E-state index in [4.69, 9.17) is 9.26 Å². The van der Waals surface area contributed by atoms with Gasteiger partial charge in [-0.15, -0.1) is 0 Å². The van der Waals surface area contributed by atoms with Crippen LogP contribution < -0.4 is 10.1 Å². The molecule has 6 heteroatoms. The molecule has 0 saturated carbocycles. The lowest BCUT2D eigenvalue weighted by molar-refractivity contribution is 0.173. The van der Waals surface area contributed by atoms with Crippen LogP contribution in [0.5, 0.6) is 5.75 Å². The number of hydrogen-bond donors (Lipinski definition) is 1. The highest BCUT2D eigenvalue weighted by molar-refractivity contribution is 5.31. The third kappa shape index (κ3) is 4.79. The molecule has 1 aliphatic heterocycles. The van der Waals surface area contributed by atoms with Crippen molar-refractivity contribution in [1.82, 2.24) is 20.4 Å². The average Bonchev–Trinajstić information content (AvgIpc) is 2.98. The van der Waals surface area contributed by atoms with Crippen molar-refractivity contribution in [3.05, 3.63) is 41.5 Å². The molecule has 2 heterocycles. The van der Waals surface area contributed by atoms with Crippen molar-refractivity contribution in [2.75, 3.05) is 26.2 Å². The highest BCUT2D eigenvalue weighted by Crippen LogP contribution is 2.16. The molecule has 1 aromatic carbocycles. The maximum absolute atomic E-state index is 5.84. The summed E-state index contributed by atoms with van der Waals surface area (Å²) in [7, 11) is 0. The van der Waals surface area contributed by atoms with E-state index in [1.165, 1.54) is 18.4 Å². The molecule has 0 bridgehead atoms. The first kappa shape index (κ1) is 16.9. The van der Waals surface area contributed by atoms with Gasteiger partial charge in [-0.2, -0.15) is 4.98 Å². The SMILES string of the molecule is Cc1nc(CN2CCC[C@H](NCCOc3ccccc3C)C2)no1. The zero-order valence-electron chi connectivity index (χ0n) is 14.5. The molecular formula is C18H26N4O2. The second-order valence-electron chi connectivity index (χ2n) is 6.37. The number of piperidine rings is 1. The third-order valence-corrected chi connectivity index (χ3v) is 4.33. The summed E-state index contributed by atoms with van der Waals surface area (Å²) < 4.78 is 10.9. The number of para-hydroxylation sites is 1. The van der Waals surface area contributed by atoms with E-state index in [1.807, 2.05) is 25.1 Å². The van der Waals surface area contributed by atoms with Gasteiger partial charge in [-0.3, -0.25) is 4.90 Å². The summed E-state index contributed by atoms with van der Waals surface area (Å²) in [4.78, 5) is 6.67. The molecule has 1 atom stereocenters. The number of aromatic nitrogens is 2. The smallest absolute Gasteiger partial charge is 0.223 e. The fraction of sp³-hybridized carbons (Fsp3) is 0.556. The van der Waals surface area contributed by atoms with E-state index >= 15 is 0 Å². The van der Waals surface area contributed by atoms with Gasteiger partial charge in [-0.05, 0) is 37.9 Å². The number of aryl methyl sites for hydroxylation is 2. The summed E-state index contributed by atoms with van der Waals surface area (Å²) in [6.07, 6.45) is 2.39. The molecule has 6 nitrogen and oxygen atoms in total. The lowest BCUT2D eigenvalue weighted by Gasteiger charge is -2.32. The van der Waals surface area contributed by atoms with Crippen molar-refractivity contribution in [3.63, 3.8) is 0 Å². The van der Waals surface area contributed by atoms with Gasteiger partial charge in [-0.1, -0.05) is 23.4 Å². The number of ether oxygens (including phenoxy) is 1. The number of rotatable bonds is 7. The molecule has 130 valence electrons. The molecule has 3 rings (SSSR count). The van der Waals surface area contributed by atoms with E-state index in [-0.39, 0.29) is 0 Å². The van der Waals surface area contributed by atoms with Crippen LogP contribution in [0.4, 0.5) is 0 Å². The van der Waals surface area contributed by atoms with Crippen LogP contribution in [0, 0.1) is 13.8 Å². The predicted octanol–water partition coefficient (Wildman–Crippen LogP) is 2.32. The fourth-order valence-electron chi connectivity index (χ4n) is 3.11. The molecule has 0 spiro atoms. The van der Waals surface area contributed by atoms with Gasteiger partial charge in [0.1, 0.15) is 12.4 Å². The Kier molecular flexibility index (Phi) is 5.82. The van der Waals surface area contributed by atoms with Crippen LogP contribution >= 0.6 is 0 Å². The van der Waals surface area contributed by atoms with Gasteiger partial charge in [0.05, 0.1) is 6.54 Å². The molecule has 1 saturated heterocycles. The van der Waals surface area contributed by atoms with Crippen LogP contribution in [0.25, 0.3) is 0 Å². The highest BCUT2D eigenvalue weighted by atomic mass is 16.5. The molecule has 1 aliphatic rings. The Morgan fingerprint density at radius 2 is 2.21 bits per heavy atom. The minimum Gasteiger partial charge on any atom is -0.492 e. The number of benzene rings is 1. The van der Waals surface area contributed by atoms with Crippen molar-refractivity contribution in [2.45, 2.75) is 39.3 Å². The maximum atomic E-state index is 5.84. The van der Waals surface area contributed by atoms with Crippen molar-refractivity contribution in [3.8, 4) is 5.75 Å². The van der Waals surface area contributed by atoms with Gasteiger partial charge in [0.2, 0.25) is 5.89 Å². The van der Waals surface area contributed by atoms with E-state index in [2.05, 4.69) is 33.3 Å². The summed E-state index contributed by atoms with van der Waals surface area (Å²) in [5.41, 5.74) is 1.18. The zero-order valence-corrected chi connectivity index (χ0v) is 14.5. The van der Waals surface area contributed by atoms with E-state index in [1.54, 1.807) is 0 Å². The summed E-state index contributed by atoms with van der Waals surface area (Å²) in [6, 6.07) is 8.62. The normalized spacial score (nSPS) is 18.7. The highest BCUT2D eigenvalue weighted by Gasteiger charge is 2.20. The van der Waals surface area contributed by atoms with Crippen molar-refractivity contribution >= 4 is 0 Å². The molecule has 1 N–H and O–H groups in total. The number of nitrogens with one attached hydrogen (secondary N) is 1. The van der Waals surface area contributed by atoms with Crippen LogP contribution in [-0.2, 0) is 6.54 Å². The van der Waals surface area contributed by atoms with Gasteiger partial charge in [0.25, 0.3) is 0 Å². The first-order valence-corrected chi connectivity index (χ1v) is 8.64. The summed E-state index contributed by atoms with van der Waals surface area (Å²) in [5.74, 6) is 2.37. The zero-order chi connectivity index (χ0) is 16.8. The molecule has 1 fully saturated rings. The van der Waals surface area contributed by atoms with Crippen molar-refractivity contribution in [2.24, 2.45) is 0 Å². The topological polar surface area (TPSA) is 63.4 Å². The van der Waals surface area contributed by atoms with Gasteiger partial charge in [0.15, 0.2) is 5.82 Å². The predicted molar refractivity (Wildman–Crippen MR) is 92.0 cm³/mol. The van der Waals surface area contributed by atoms with Crippen LogP contribution in [0.15, 0.2) is 28.8 Å². The monoisotopic (exact) mass is 330 g/mol. The minimum atomic E-state index is 0.493. The Hall–Kier alpha value is -1.92.